The van der Waals surface area contributed by atoms with Crippen molar-refractivity contribution in [1.82, 2.24) is 9.66 Å². The number of carbonyl (C=O) groups excluding carboxylic acids is 1. The van der Waals surface area contributed by atoms with E-state index in [-0.39, 0.29) is 17.9 Å². The van der Waals surface area contributed by atoms with Crippen molar-refractivity contribution in [3.63, 3.8) is 0 Å². The lowest BCUT2D eigenvalue weighted by atomic mass is 10.2. The second-order valence-electron chi connectivity index (χ2n) is 7.18. The highest BCUT2D eigenvalue weighted by molar-refractivity contribution is 9.10. The summed E-state index contributed by atoms with van der Waals surface area (Å²) in [6.45, 7) is 1.34. The fourth-order valence-electron chi connectivity index (χ4n) is 3.16. The fourth-order valence-corrected chi connectivity index (χ4v) is 3.90. The first kappa shape index (κ1) is 23.8. The molecule has 3 aromatic carbocycles. The molecule has 0 aliphatic carbocycles. The first-order chi connectivity index (χ1) is 16.3. The van der Waals surface area contributed by atoms with E-state index >= 15 is 0 Å². The number of halogens is 3. The van der Waals surface area contributed by atoms with Gasteiger partial charge in [-0.25, -0.2) is 9.37 Å². The average Bonchev–Trinajstić information content (AvgIpc) is 2.80. The molecule has 0 bridgehead atoms. The number of amides is 1. The number of aromatic nitrogens is 2. The third kappa shape index (κ3) is 5.40. The van der Waals surface area contributed by atoms with Crippen LogP contribution in [0.5, 0.6) is 5.75 Å². The van der Waals surface area contributed by atoms with Crippen LogP contribution in [0.15, 0.2) is 79.5 Å². The number of nitrogens with zero attached hydrogens (tertiary/aromatic N) is 3. The van der Waals surface area contributed by atoms with E-state index in [1.807, 2.05) is 6.07 Å². The number of anilines is 1. The largest absolute Gasteiger partial charge is 0.483 e. The number of ether oxygens (including phenoxy) is 1. The Hall–Kier alpha value is -3.37. The minimum Gasteiger partial charge on any atom is -0.483 e. The van der Waals surface area contributed by atoms with Gasteiger partial charge in [0.05, 0.1) is 22.8 Å². The van der Waals surface area contributed by atoms with Crippen molar-refractivity contribution in [3.05, 3.63) is 97.2 Å². The van der Waals surface area contributed by atoms with Crippen LogP contribution in [0.2, 0.25) is 0 Å². The van der Waals surface area contributed by atoms with Gasteiger partial charge in [0.25, 0.3) is 11.5 Å². The second kappa shape index (κ2) is 10.3. The Kier molecular flexibility index (Phi) is 7.18. The topological polar surface area (TPSA) is 85.6 Å². The lowest BCUT2D eigenvalue weighted by molar-refractivity contribution is -0.118. The Bertz CT molecular complexity index is 1490. The smallest absolute Gasteiger partial charge is 0.282 e. The van der Waals surface area contributed by atoms with Crippen LogP contribution in [0.25, 0.3) is 10.9 Å². The Morgan fingerprint density at radius 3 is 2.68 bits per heavy atom. The molecule has 1 aromatic heterocycles. The molecule has 0 aliphatic heterocycles. The summed E-state index contributed by atoms with van der Waals surface area (Å²) in [5, 5.41) is 7.20. The molecule has 7 nitrogen and oxygen atoms in total. The van der Waals surface area contributed by atoms with Crippen LogP contribution in [-0.2, 0) is 4.79 Å². The summed E-state index contributed by atoms with van der Waals surface area (Å²) in [6.07, 6.45) is 1.45. The van der Waals surface area contributed by atoms with Gasteiger partial charge in [0.2, 0.25) is 0 Å². The minimum atomic E-state index is -0.538. The summed E-state index contributed by atoms with van der Waals surface area (Å²) in [5.74, 6) is -0.285. The van der Waals surface area contributed by atoms with Crippen LogP contribution < -0.4 is 15.6 Å². The third-order valence-corrected chi connectivity index (χ3v) is 5.75. The van der Waals surface area contributed by atoms with Crippen LogP contribution in [0.3, 0.4) is 0 Å². The lowest BCUT2D eigenvalue weighted by Gasteiger charge is -2.11. The first-order valence-corrected chi connectivity index (χ1v) is 11.6. The highest BCUT2D eigenvalue weighted by Gasteiger charge is 2.11. The van der Waals surface area contributed by atoms with Crippen molar-refractivity contribution in [2.24, 2.45) is 5.10 Å². The van der Waals surface area contributed by atoms with Gasteiger partial charge in [0, 0.05) is 14.5 Å². The van der Waals surface area contributed by atoms with E-state index in [0.29, 0.717) is 28.0 Å². The number of benzene rings is 3. The molecule has 0 aliphatic rings. The predicted molar refractivity (Wildman–Crippen MR) is 136 cm³/mol. The Morgan fingerprint density at radius 1 is 1.15 bits per heavy atom. The Labute approximate surface area is 210 Å². The molecule has 4 aromatic rings. The Balaban J connectivity index is 1.58. The van der Waals surface area contributed by atoms with Gasteiger partial charge >= 0.3 is 0 Å². The monoisotopic (exact) mass is 586 g/mol. The molecule has 0 atom stereocenters. The van der Waals surface area contributed by atoms with E-state index in [2.05, 4.69) is 47.3 Å². The van der Waals surface area contributed by atoms with Crippen LogP contribution in [-0.4, -0.2) is 28.4 Å². The quantitative estimate of drug-likeness (QED) is 0.312. The minimum absolute atomic E-state index is 0.0685. The van der Waals surface area contributed by atoms with Crippen molar-refractivity contribution in [3.8, 4) is 5.75 Å². The fraction of sp³-hybridized carbons (Fsp3) is 0.0833. The number of para-hydroxylation sites is 1. The van der Waals surface area contributed by atoms with Crippen LogP contribution in [0, 0.1) is 12.7 Å². The summed E-state index contributed by atoms with van der Waals surface area (Å²) in [6, 6.07) is 16.3. The van der Waals surface area contributed by atoms with Gasteiger partial charge in [0.15, 0.2) is 6.61 Å². The second-order valence-corrected chi connectivity index (χ2v) is 9.01. The van der Waals surface area contributed by atoms with E-state index in [4.69, 9.17) is 4.74 Å². The highest BCUT2D eigenvalue weighted by atomic mass is 79.9. The molecule has 0 saturated carbocycles. The van der Waals surface area contributed by atoms with Gasteiger partial charge in [-0.2, -0.15) is 9.78 Å². The van der Waals surface area contributed by atoms with Gasteiger partial charge in [-0.3, -0.25) is 9.59 Å². The lowest BCUT2D eigenvalue weighted by Crippen LogP contribution is -2.21. The number of hydrogen-bond acceptors (Lipinski definition) is 5. The molecule has 4 rings (SSSR count). The molecule has 0 fully saturated rings. The maximum Gasteiger partial charge on any atom is 0.282 e. The van der Waals surface area contributed by atoms with E-state index in [1.165, 1.54) is 29.1 Å². The van der Waals surface area contributed by atoms with Gasteiger partial charge in [-0.05, 0) is 55.5 Å². The standard InChI is InChI=1S/C24H17Br2FN4O3/c1-14-29-20-8-6-17(26)11-18(20)24(33)31(14)28-12-15-10-16(25)7-9-22(15)34-13-23(32)30-21-5-3-2-4-19(21)27/h2-12H,13H2,1H3,(H,30,32). The van der Waals surface area contributed by atoms with Gasteiger partial charge < -0.3 is 10.1 Å². The predicted octanol–water partition coefficient (Wildman–Crippen LogP) is 5.27. The molecule has 172 valence electrons. The number of hydrogen-bond donors (Lipinski definition) is 1. The summed E-state index contributed by atoms with van der Waals surface area (Å²) >= 11 is 6.77. The summed E-state index contributed by atoms with van der Waals surface area (Å²) in [5.41, 5.74) is 0.846. The Morgan fingerprint density at radius 2 is 1.88 bits per heavy atom. The molecular formula is C24H17Br2FN4O3. The van der Waals surface area contributed by atoms with E-state index in [9.17, 15) is 14.0 Å². The number of carbonyl (C=O) groups is 1. The van der Waals surface area contributed by atoms with E-state index < -0.39 is 11.7 Å². The van der Waals surface area contributed by atoms with Crippen molar-refractivity contribution in [2.45, 2.75) is 6.92 Å². The number of aryl methyl sites for hydroxylation is 1. The molecule has 34 heavy (non-hydrogen) atoms. The molecule has 0 saturated heterocycles. The van der Waals surface area contributed by atoms with Gasteiger partial charge in [0.1, 0.15) is 17.4 Å². The van der Waals surface area contributed by atoms with E-state index in [1.54, 1.807) is 43.3 Å². The summed E-state index contributed by atoms with van der Waals surface area (Å²) in [7, 11) is 0. The maximum atomic E-state index is 13.8. The zero-order valence-electron chi connectivity index (χ0n) is 17.8. The van der Waals surface area contributed by atoms with Crippen LogP contribution in [0.4, 0.5) is 10.1 Å². The number of nitrogens with one attached hydrogen (secondary N) is 1. The van der Waals surface area contributed by atoms with Crippen molar-refractivity contribution < 1.29 is 13.9 Å². The molecular weight excluding hydrogens is 571 g/mol. The maximum absolute atomic E-state index is 13.8. The highest BCUT2D eigenvalue weighted by Crippen LogP contribution is 2.22. The SMILES string of the molecule is Cc1nc2ccc(Br)cc2c(=O)n1N=Cc1cc(Br)ccc1OCC(=O)Nc1ccccc1F. The third-order valence-electron chi connectivity index (χ3n) is 4.76. The van der Waals surface area contributed by atoms with Crippen molar-refractivity contribution in [2.75, 3.05) is 11.9 Å². The molecule has 0 radical (unpaired) electrons. The van der Waals surface area contributed by atoms with Gasteiger partial charge in [-0.15, -0.1) is 0 Å². The van der Waals surface area contributed by atoms with Crippen LogP contribution >= 0.6 is 31.9 Å². The first-order valence-electron chi connectivity index (χ1n) is 10.0. The molecule has 1 heterocycles. The zero-order chi connectivity index (χ0) is 24.2. The molecule has 10 heteroatoms. The molecule has 0 unspecified atom stereocenters. The average molecular weight is 588 g/mol. The molecule has 1 N–H and O–H groups in total. The number of rotatable bonds is 6. The van der Waals surface area contributed by atoms with Crippen molar-refractivity contribution >= 4 is 60.6 Å². The normalized spacial score (nSPS) is 11.2. The van der Waals surface area contributed by atoms with E-state index in [0.717, 1.165) is 8.95 Å². The molecule has 0 spiro atoms. The van der Waals surface area contributed by atoms with Crippen LogP contribution in [0.1, 0.15) is 11.4 Å². The summed E-state index contributed by atoms with van der Waals surface area (Å²) < 4.78 is 22.1. The van der Waals surface area contributed by atoms with Crippen molar-refractivity contribution in [1.29, 1.82) is 0 Å². The number of fused-ring (bicyclic) bond motifs is 1. The van der Waals surface area contributed by atoms with Gasteiger partial charge in [-0.1, -0.05) is 44.0 Å². The molecule has 1 amide bonds. The summed E-state index contributed by atoms with van der Waals surface area (Å²) in [4.78, 5) is 29.6. The zero-order valence-corrected chi connectivity index (χ0v) is 20.9.